The highest BCUT2D eigenvalue weighted by Gasteiger charge is 2.40. The predicted molar refractivity (Wildman–Crippen MR) is 47.7 cm³/mol. The van der Waals surface area contributed by atoms with E-state index in [4.69, 9.17) is 0 Å². The zero-order chi connectivity index (χ0) is 9.47. The third-order valence-corrected chi connectivity index (χ3v) is 2.44. The van der Waals surface area contributed by atoms with E-state index in [2.05, 4.69) is 0 Å². The number of hydrogen-bond donors (Lipinski definition) is 3. The second kappa shape index (κ2) is 2.64. The summed E-state index contributed by atoms with van der Waals surface area (Å²) in [5.74, 6) is -0.232. The normalized spacial score (nSPS) is 18.5. The molecule has 0 heterocycles. The molecule has 0 aliphatic heterocycles. The molecule has 1 aromatic carbocycles. The topological polar surface area (TPSA) is 60.7 Å². The van der Waals surface area contributed by atoms with Gasteiger partial charge in [-0.2, -0.15) is 0 Å². The molecule has 0 saturated heterocycles. The Bertz CT molecular complexity index is 329. The second-order valence-electron chi connectivity index (χ2n) is 3.69. The molecule has 3 heteroatoms. The molecule has 3 nitrogen and oxygen atoms in total. The van der Waals surface area contributed by atoms with Gasteiger partial charge in [-0.15, -0.1) is 0 Å². The van der Waals surface area contributed by atoms with E-state index in [9.17, 15) is 15.3 Å². The van der Waals surface area contributed by atoms with Gasteiger partial charge >= 0.3 is 0 Å². The van der Waals surface area contributed by atoms with Crippen LogP contribution in [0.15, 0.2) is 18.2 Å². The fraction of sp³-hybridized carbons (Fsp3) is 0.400. The number of para-hydroxylation sites is 1. The smallest absolute Gasteiger partial charge is 0.160 e. The molecule has 1 aliphatic carbocycles. The lowest BCUT2D eigenvalue weighted by atomic mass is 10.1. The number of rotatable bonds is 2. The molecule has 0 atom stereocenters. The van der Waals surface area contributed by atoms with Crippen LogP contribution in [-0.4, -0.2) is 20.9 Å². The minimum absolute atomic E-state index is 0.108. The van der Waals surface area contributed by atoms with Crippen LogP contribution in [0.5, 0.6) is 11.5 Å². The standard InChI is InChI=1S/C10H12O3/c11-8-3-1-2-7(9(8)12)6-10(13)4-5-10/h1-3,11-13H,4-6H2. The summed E-state index contributed by atoms with van der Waals surface area (Å²) in [7, 11) is 0. The first-order chi connectivity index (χ1) is 6.11. The molecule has 2 rings (SSSR count). The zero-order valence-corrected chi connectivity index (χ0v) is 7.20. The molecule has 3 N–H and O–H groups in total. The molecule has 0 bridgehead atoms. The van der Waals surface area contributed by atoms with Gasteiger partial charge in [0.05, 0.1) is 5.60 Å². The van der Waals surface area contributed by atoms with Crippen molar-refractivity contribution in [1.82, 2.24) is 0 Å². The van der Waals surface area contributed by atoms with Crippen molar-refractivity contribution in [1.29, 1.82) is 0 Å². The van der Waals surface area contributed by atoms with Crippen LogP contribution in [0.3, 0.4) is 0 Å². The van der Waals surface area contributed by atoms with Crippen LogP contribution in [0.25, 0.3) is 0 Å². The average molecular weight is 180 g/mol. The number of aromatic hydroxyl groups is 2. The van der Waals surface area contributed by atoms with Crippen LogP contribution in [0, 0.1) is 0 Å². The monoisotopic (exact) mass is 180 g/mol. The molecule has 0 radical (unpaired) electrons. The van der Waals surface area contributed by atoms with Crippen LogP contribution in [0.4, 0.5) is 0 Å². The first-order valence-corrected chi connectivity index (χ1v) is 4.33. The molecule has 0 spiro atoms. The lowest BCUT2D eigenvalue weighted by Gasteiger charge is -2.09. The molecular formula is C10H12O3. The van der Waals surface area contributed by atoms with Crippen molar-refractivity contribution in [3.8, 4) is 11.5 Å². The Morgan fingerprint density at radius 2 is 1.92 bits per heavy atom. The fourth-order valence-electron chi connectivity index (χ4n) is 1.40. The summed E-state index contributed by atoms with van der Waals surface area (Å²) < 4.78 is 0. The van der Waals surface area contributed by atoms with Gasteiger partial charge in [0.2, 0.25) is 0 Å². The number of hydrogen-bond acceptors (Lipinski definition) is 3. The maximum absolute atomic E-state index is 9.60. The first kappa shape index (κ1) is 8.38. The van der Waals surface area contributed by atoms with Crippen molar-refractivity contribution in [2.24, 2.45) is 0 Å². The highest BCUT2D eigenvalue weighted by atomic mass is 16.3. The molecule has 70 valence electrons. The molecule has 0 unspecified atom stereocenters. The Kier molecular flexibility index (Phi) is 1.70. The van der Waals surface area contributed by atoms with Gasteiger partial charge < -0.3 is 15.3 Å². The van der Waals surface area contributed by atoms with E-state index in [1.54, 1.807) is 12.1 Å². The highest BCUT2D eigenvalue weighted by Crippen LogP contribution is 2.41. The summed E-state index contributed by atoms with van der Waals surface area (Å²) in [4.78, 5) is 0. The molecular weight excluding hydrogens is 168 g/mol. The number of benzene rings is 1. The van der Waals surface area contributed by atoms with Crippen molar-refractivity contribution in [2.45, 2.75) is 24.9 Å². The molecule has 1 fully saturated rings. The molecule has 1 aliphatic rings. The van der Waals surface area contributed by atoms with Gasteiger partial charge in [0.15, 0.2) is 11.5 Å². The van der Waals surface area contributed by atoms with Gasteiger partial charge in [0.1, 0.15) is 0 Å². The SMILES string of the molecule is Oc1cccc(CC2(O)CC2)c1O. The Morgan fingerprint density at radius 3 is 2.54 bits per heavy atom. The summed E-state index contributed by atoms with van der Waals surface area (Å²) >= 11 is 0. The first-order valence-electron chi connectivity index (χ1n) is 4.33. The molecule has 0 aromatic heterocycles. The lowest BCUT2D eigenvalue weighted by molar-refractivity contribution is 0.150. The van der Waals surface area contributed by atoms with Gasteiger partial charge in [-0.3, -0.25) is 0 Å². The van der Waals surface area contributed by atoms with E-state index in [1.165, 1.54) is 6.07 Å². The van der Waals surface area contributed by atoms with Crippen LogP contribution >= 0.6 is 0 Å². The predicted octanol–water partition coefficient (Wildman–Crippen LogP) is 1.17. The highest BCUT2D eigenvalue weighted by molar-refractivity contribution is 5.45. The second-order valence-corrected chi connectivity index (χ2v) is 3.69. The van der Waals surface area contributed by atoms with Crippen LogP contribution < -0.4 is 0 Å². The number of aliphatic hydroxyl groups is 1. The zero-order valence-electron chi connectivity index (χ0n) is 7.20. The number of phenols is 2. The van der Waals surface area contributed by atoms with Crippen molar-refractivity contribution in [3.63, 3.8) is 0 Å². The summed E-state index contributed by atoms with van der Waals surface area (Å²) in [6, 6.07) is 4.80. The number of phenolic OH excluding ortho intramolecular Hbond substituents is 2. The maximum Gasteiger partial charge on any atom is 0.160 e. The third-order valence-electron chi connectivity index (χ3n) is 2.44. The van der Waals surface area contributed by atoms with Crippen LogP contribution in [-0.2, 0) is 6.42 Å². The van der Waals surface area contributed by atoms with E-state index >= 15 is 0 Å². The van der Waals surface area contributed by atoms with Gasteiger partial charge in [-0.25, -0.2) is 0 Å². The lowest BCUT2D eigenvalue weighted by Crippen LogP contribution is -2.10. The van der Waals surface area contributed by atoms with Crippen molar-refractivity contribution in [2.75, 3.05) is 0 Å². The van der Waals surface area contributed by atoms with Crippen LogP contribution in [0.1, 0.15) is 18.4 Å². The van der Waals surface area contributed by atoms with E-state index in [0.29, 0.717) is 12.0 Å². The Balaban J connectivity index is 2.25. The minimum Gasteiger partial charge on any atom is -0.504 e. The van der Waals surface area contributed by atoms with Crippen molar-refractivity contribution in [3.05, 3.63) is 23.8 Å². The quantitative estimate of drug-likeness (QED) is 0.598. The maximum atomic E-state index is 9.60. The molecule has 0 amide bonds. The molecule has 1 saturated carbocycles. The van der Waals surface area contributed by atoms with Gasteiger partial charge in [0, 0.05) is 12.0 Å². The summed E-state index contributed by atoms with van der Waals surface area (Å²) in [5, 5.41) is 28.2. The molecule has 13 heavy (non-hydrogen) atoms. The van der Waals surface area contributed by atoms with Crippen LogP contribution in [0.2, 0.25) is 0 Å². The van der Waals surface area contributed by atoms with Crippen molar-refractivity contribution >= 4 is 0 Å². The third kappa shape index (κ3) is 1.60. The Morgan fingerprint density at radius 1 is 1.23 bits per heavy atom. The van der Waals surface area contributed by atoms with Gasteiger partial charge in [-0.05, 0) is 18.9 Å². The summed E-state index contributed by atoms with van der Waals surface area (Å²) in [6.45, 7) is 0. The van der Waals surface area contributed by atoms with E-state index in [0.717, 1.165) is 12.8 Å². The largest absolute Gasteiger partial charge is 0.504 e. The average Bonchev–Trinajstić information content (AvgIpc) is 2.78. The van der Waals surface area contributed by atoms with Gasteiger partial charge in [0.25, 0.3) is 0 Å². The molecule has 1 aromatic rings. The summed E-state index contributed by atoms with van der Waals surface area (Å²) in [5.41, 5.74) is -0.0225. The van der Waals surface area contributed by atoms with E-state index in [-0.39, 0.29) is 11.5 Å². The fourth-order valence-corrected chi connectivity index (χ4v) is 1.40. The minimum atomic E-state index is -0.634. The Labute approximate surface area is 76.3 Å². The van der Waals surface area contributed by atoms with E-state index in [1.807, 2.05) is 0 Å². The summed E-state index contributed by atoms with van der Waals surface area (Å²) in [6.07, 6.45) is 1.98. The Hall–Kier alpha value is -1.22. The van der Waals surface area contributed by atoms with Gasteiger partial charge in [-0.1, -0.05) is 12.1 Å². The van der Waals surface area contributed by atoms with Crippen molar-refractivity contribution < 1.29 is 15.3 Å². The van der Waals surface area contributed by atoms with E-state index < -0.39 is 5.60 Å².